The van der Waals surface area contributed by atoms with Crippen LogP contribution in [-0.4, -0.2) is 9.91 Å². The van der Waals surface area contributed by atoms with Crippen molar-refractivity contribution in [3.8, 4) is 28.5 Å². The van der Waals surface area contributed by atoms with Gasteiger partial charge in [0.2, 0.25) is 0 Å². The molecule has 1 aromatic heterocycles. The van der Waals surface area contributed by atoms with Crippen LogP contribution in [0.2, 0.25) is 10.0 Å². The number of benzene rings is 2. The van der Waals surface area contributed by atoms with Crippen molar-refractivity contribution >= 4 is 34.7 Å². The smallest absolute Gasteiger partial charge is 0.269 e. The number of rotatable bonds is 3. The van der Waals surface area contributed by atoms with Gasteiger partial charge in [0.1, 0.15) is 17.5 Å². The summed E-state index contributed by atoms with van der Waals surface area (Å²) < 4.78 is 0. The van der Waals surface area contributed by atoms with Gasteiger partial charge in [-0.1, -0.05) is 23.2 Å². The SMILES string of the molecule is Cc1c(-c2ccc(Cl)cc2Cl)nc(N)c(C#N)c1-c1ccc([N+](=O)[O-])cc1. The summed E-state index contributed by atoms with van der Waals surface area (Å²) in [6.45, 7) is 1.80. The van der Waals surface area contributed by atoms with E-state index in [0.717, 1.165) is 0 Å². The fourth-order valence-corrected chi connectivity index (χ4v) is 3.36. The third kappa shape index (κ3) is 3.43. The molecule has 3 rings (SSSR count). The number of halogens is 2. The van der Waals surface area contributed by atoms with Crippen LogP contribution in [0.4, 0.5) is 11.5 Å². The molecule has 0 spiro atoms. The zero-order chi connectivity index (χ0) is 19.7. The van der Waals surface area contributed by atoms with Gasteiger partial charge >= 0.3 is 0 Å². The van der Waals surface area contributed by atoms with Crippen LogP contribution < -0.4 is 5.73 Å². The first kappa shape index (κ1) is 18.6. The van der Waals surface area contributed by atoms with E-state index in [1.807, 2.05) is 0 Å². The van der Waals surface area contributed by atoms with Crippen molar-refractivity contribution in [2.24, 2.45) is 0 Å². The zero-order valence-electron chi connectivity index (χ0n) is 14.0. The second-order valence-electron chi connectivity index (χ2n) is 5.76. The molecule has 1 heterocycles. The van der Waals surface area contributed by atoms with Crippen molar-refractivity contribution < 1.29 is 4.92 Å². The number of hydrogen-bond donors (Lipinski definition) is 1. The molecule has 0 saturated carbocycles. The second-order valence-corrected chi connectivity index (χ2v) is 6.60. The highest BCUT2D eigenvalue weighted by Crippen LogP contribution is 2.39. The number of aromatic nitrogens is 1. The number of pyridine rings is 1. The number of nitrogens with zero attached hydrogens (tertiary/aromatic N) is 3. The fourth-order valence-electron chi connectivity index (χ4n) is 2.86. The fraction of sp³-hybridized carbons (Fsp3) is 0.0526. The Bertz CT molecular complexity index is 1110. The van der Waals surface area contributed by atoms with Gasteiger partial charge in [-0.25, -0.2) is 4.98 Å². The Balaban J connectivity index is 2.29. The number of nitro groups is 1. The zero-order valence-corrected chi connectivity index (χ0v) is 15.5. The summed E-state index contributed by atoms with van der Waals surface area (Å²) in [5, 5.41) is 21.3. The lowest BCUT2D eigenvalue weighted by Gasteiger charge is -2.16. The van der Waals surface area contributed by atoms with Gasteiger partial charge in [0, 0.05) is 28.3 Å². The van der Waals surface area contributed by atoms with Crippen molar-refractivity contribution in [1.82, 2.24) is 4.98 Å². The van der Waals surface area contributed by atoms with Crippen molar-refractivity contribution in [3.05, 3.63) is 73.8 Å². The summed E-state index contributed by atoms with van der Waals surface area (Å²) >= 11 is 12.3. The Labute approximate surface area is 164 Å². The first-order valence-corrected chi connectivity index (χ1v) is 8.49. The molecule has 6 nitrogen and oxygen atoms in total. The molecule has 3 aromatic rings. The third-order valence-corrected chi connectivity index (χ3v) is 4.68. The first-order chi connectivity index (χ1) is 12.8. The molecule has 27 heavy (non-hydrogen) atoms. The van der Waals surface area contributed by atoms with Crippen molar-refractivity contribution in [1.29, 1.82) is 5.26 Å². The summed E-state index contributed by atoms with van der Waals surface area (Å²) in [6, 6.07) is 13.0. The molecule has 0 radical (unpaired) electrons. The van der Waals surface area contributed by atoms with Crippen molar-refractivity contribution in [2.75, 3.05) is 5.73 Å². The van der Waals surface area contributed by atoms with Gasteiger partial charge in [0.05, 0.1) is 15.6 Å². The predicted octanol–water partition coefficient (Wildman–Crippen LogP) is 5.39. The number of nitrogens with two attached hydrogens (primary N) is 1. The Morgan fingerprint density at radius 2 is 1.85 bits per heavy atom. The van der Waals surface area contributed by atoms with Gasteiger partial charge < -0.3 is 5.73 Å². The van der Waals surface area contributed by atoms with Gasteiger partial charge in [0.15, 0.2) is 0 Å². The molecule has 134 valence electrons. The lowest BCUT2D eigenvalue weighted by molar-refractivity contribution is -0.384. The monoisotopic (exact) mass is 398 g/mol. The average molecular weight is 399 g/mol. The standard InChI is InChI=1S/C19H12Cl2N4O2/c1-10-17(11-2-5-13(6-3-11)25(26)27)15(9-22)19(23)24-18(10)14-7-4-12(20)8-16(14)21/h2-8H,1H3,(H2,23,24). The van der Waals surface area contributed by atoms with Gasteiger partial charge in [-0.3, -0.25) is 10.1 Å². The highest BCUT2D eigenvalue weighted by molar-refractivity contribution is 6.36. The Kier molecular flexibility index (Phi) is 5.00. The first-order valence-electron chi connectivity index (χ1n) is 7.74. The molecule has 0 aliphatic carbocycles. The van der Waals surface area contributed by atoms with E-state index in [1.165, 1.54) is 12.1 Å². The summed E-state index contributed by atoms with van der Waals surface area (Å²) in [7, 11) is 0. The molecule has 2 N–H and O–H groups in total. The third-order valence-electron chi connectivity index (χ3n) is 4.13. The number of nitrogen functional groups attached to an aromatic ring is 1. The Morgan fingerprint density at radius 1 is 1.19 bits per heavy atom. The molecule has 2 aromatic carbocycles. The van der Waals surface area contributed by atoms with Crippen LogP contribution in [0.5, 0.6) is 0 Å². The van der Waals surface area contributed by atoms with Gasteiger partial charge in [-0.2, -0.15) is 5.26 Å². The summed E-state index contributed by atoms with van der Waals surface area (Å²) in [4.78, 5) is 14.8. The van der Waals surface area contributed by atoms with Crippen LogP contribution in [0.3, 0.4) is 0 Å². The van der Waals surface area contributed by atoms with E-state index < -0.39 is 4.92 Å². The van der Waals surface area contributed by atoms with Gasteiger partial charge in [0.25, 0.3) is 5.69 Å². The molecular weight excluding hydrogens is 387 g/mol. The topological polar surface area (TPSA) is 106 Å². The Hall–Kier alpha value is -3.14. The molecule has 0 saturated heterocycles. The van der Waals surface area contributed by atoms with Crippen LogP contribution in [0.15, 0.2) is 42.5 Å². The van der Waals surface area contributed by atoms with Crippen LogP contribution in [0.1, 0.15) is 11.1 Å². The molecule has 8 heteroatoms. The van der Waals surface area contributed by atoms with E-state index in [1.54, 1.807) is 37.3 Å². The number of anilines is 1. The van der Waals surface area contributed by atoms with Gasteiger partial charge in [-0.05, 0) is 48.4 Å². The summed E-state index contributed by atoms with van der Waals surface area (Å²) in [5.74, 6) is 0.0532. The van der Waals surface area contributed by atoms with Crippen LogP contribution in [0, 0.1) is 28.4 Å². The number of non-ortho nitro benzene ring substituents is 1. The Morgan fingerprint density at radius 3 is 2.41 bits per heavy atom. The predicted molar refractivity (Wildman–Crippen MR) is 106 cm³/mol. The van der Waals surface area contributed by atoms with Crippen LogP contribution >= 0.6 is 23.2 Å². The highest BCUT2D eigenvalue weighted by Gasteiger charge is 2.20. The quantitative estimate of drug-likeness (QED) is 0.469. The van der Waals surface area contributed by atoms with E-state index in [4.69, 9.17) is 28.9 Å². The second kappa shape index (κ2) is 7.23. The normalized spacial score (nSPS) is 10.4. The van der Waals surface area contributed by atoms with Crippen LogP contribution in [-0.2, 0) is 0 Å². The minimum Gasteiger partial charge on any atom is -0.383 e. The average Bonchev–Trinajstić information content (AvgIpc) is 2.63. The van der Waals surface area contributed by atoms with E-state index >= 15 is 0 Å². The molecule has 0 amide bonds. The minimum absolute atomic E-state index is 0.0436. The molecule has 0 unspecified atom stereocenters. The lowest BCUT2D eigenvalue weighted by Crippen LogP contribution is -2.03. The summed E-state index contributed by atoms with van der Waals surface area (Å²) in [5.41, 5.74) is 9.18. The molecule has 0 aliphatic heterocycles. The number of nitriles is 1. The maximum Gasteiger partial charge on any atom is 0.269 e. The largest absolute Gasteiger partial charge is 0.383 e. The number of nitro benzene ring substituents is 1. The minimum atomic E-state index is -0.484. The molecule has 0 fully saturated rings. The van der Waals surface area contributed by atoms with Crippen molar-refractivity contribution in [3.63, 3.8) is 0 Å². The van der Waals surface area contributed by atoms with Crippen molar-refractivity contribution in [2.45, 2.75) is 6.92 Å². The van der Waals surface area contributed by atoms with E-state index in [2.05, 4.69) is 11.1 Å². The van der Waals surface area contributed by atoms with E-state index in [0.29, 0.717) is 38.0 Å². The van der Waals surface area contributed by atoms with Crippen LogP contribution in [0.25, 0.3) is 22.4 Å². The van der Waals surface area contributed by atoms with Gasteiger partial charge in [-0.15, -0.1) is 0 Å². The lowest BCUT2D eigenvalue weighted by atomic mass is 9.92. The molecule has 0 atom stereocenters. The highest BCUT2D eigenvalue weighted by atomic mass is 35.5. The molecular formula is C19H12Cl2N4O2. The molecule has 0 aliphatic rings. The maximum atomic E-state index is 10.9. The van der Waals surface area contributed by atoms with E-state index in [9.17, 15) is 15.4 Å². The van der Waals surface area contributed by atoms with E-state index in [-0.39, 0.29) is 17.1 Å². The maximum absolute atomic E-state index is 10.9. The molecule has 0 bridgehead atoms. The number of hydrogen-bond acceptors (Lipinski definition) is 5. The summed E-state index contributed by atoms with van der Waals surface area (Å²) in [6.07, 6.45) is 0.